The highest BCUT2D eigenvalue weighted by molar-refractivity contribution is 5.76. The van der Waals surface area contributed by atoms with Gasteiger partial charge in [0.2, 0.25) is 5.84 Å². The van der Waals surface area contributed by atoms with Crippen LogP contribution in [-0.4, -0.2) is 41.3 Å². The zero-order valence-electron chi connectivity index (χ0n) is 15.8. The molecule has 0 aromatic rings. The number of nitrogens with zero attached hydrogens (tertiary/aromatic N) is 2. The van der Waals surface area contributed by atoms with Gasteiger partial charge in [0.25, 0.3) is 0 Å². The zero-order chi connectivity index (χ0) is 17.0. The summed E-state index contributed by atoms with van der Waals surface area (Å²) in [5.41, 5.74) is 0. The Hall–Kier alpha value is -0.670. The Bertz CT molecular complexity index is 363. The number of hydrogen-bond donors (Lipinski definition) is 1. The summed E-state index contributed by atoms with van der Waals surface area (Å²) in [4.78, 5) is 4.69. The molecule has 2 atom stereocenters. The lowest BCUT2D eigenvalue weighted by Gasteiger charge is -2.36. The second-order valence-electron chi connectivity index (χ2n) is 6.94. The highest BCUT2D eigenvalue weighted by Crippen LogP contribution is 2.23. The average molecular weight is 324 g/mol. The van der Waals surface area contributed by atoms with Crippen molar-refractivity contribution in [2.45, 2.75) is 91.2 Å². The third kappa shape index (κ3) is 6.76. The van der Waals surface area contributed by atoms with Crippen molar-refractivity contribution in [3.8, 4) is 0 Å². The Kier molecular flexibility index (Phi) is 10.5. The topological polar surface area (TPSA) is 32.6 Å². The van der Waals surface area contributed by atoms with Gasteiger partial charge < -0.3 is 5.11 Å². The largest absolute Gasteiger partial charge is 0.345 e. The van der Waals surface area contributed by atoms with Crippen LogP contribution in [0.2, 0.25) is 0 Å². The average Bonchev–Trinajstić information content (AvgIpc) is 2.97. The Labute approximate surface area is 144 Å². The molecule has 1 aliphatic rings. The fourth-order valence-corrected chi connectivity index (χ4v) is 3.71. The predicted octanol–water partition coefficient (Wildman–Crippen LogP) is 5.05. The molecule has 0 saturated heterocycles. The molecule has 0 saturated carbocycles. The number of aliphatic imine (C=N–C) groups is 1. The zero-order valence-corrected chi connectivity index (χ0v) is 15.8. The third-order valence-corrected chi connectivity index (χ3v) is 5.34. The summed E-state index contributed by atoms with van der Waals surface area (Å²) in [6, 6.07) is 0. The smallest absolute Gasteiger partial charge is 0.200 e. The summed E-state index contributed by atoms with van der Waals surface area (Å²) < 4.78 is 0.714. The Morgan fingerprint density at radius 2 is 1.70 bits per heavy atom. The number of allylic oxidation sites excluding steroid dienone is 2. The van der Waals surface area contributed by atoms with Crippen LogP contribution >= 0.6 is 0 Å². The maximum Gasteiger partial charge on any atom is 0.200 e. The molecule has 134 valence electrons. The second kappa shape index (κ2) is 11.8. The Morgan fingerprint density at radius 1 is 1.09 bits per heavy atom. The van der Waals surface area contributed by atoms with E-state index in [0.717, 1.165) is 26.1 Å². The molecule has 0 bridgehead atoms. The van der Waals surface area contributed by atoms with E-state index in [4.69, 9.17) is 0 Å². The molecule has 1 N–H and O–H groups in total. The van der Waals surface area contributed by atoms with Gasteiger partial charge in [-0.2, -0.15) is 0 Å². The summed E-state index contributed by atoms with van der Waals surface area (Å²) in [5.74, 6) is 1.24. The molecule has 3 nitrogen and oxygen atoms in total. The molecule has 0 radical (unpaired) electrons. The van der Waals surface area contributed by atoms with Crippen LogP contribution in [0.1, 0.15) is 85.0 Å². The van der Waals surface area contributed by atoms with Crippen molar-refractivity contribution >= 4 is 5.84 Å². The van der Waals surface area contributed by atoms with Crippen molar-refractivity contribution in [2.75, 3.05) is 19.6 Å². The van der Waals surface area contributed by atoms with Gasteiger partial charge in [-0.15, -0.1) is 0 Å². The van der Waals surface area contributed by atoms with E-state index in [2.05, 4.69) is 31.0 Å². The maximum absolute atomic E-state index is 10.1. The van der Waals surface area contributed by atoms with Crippen LogP contribution in [-0.2, 0) is 0 Å². The van der Waals surface area contributed by atoms with Crippen molar-refractivity contribution in [3.05, 3.63) is 12.2 Å². The fourth-order valence-electron chi connectivity index (χ4n) is 3.71. The summed E-state index contributed by atoms with van der Waals surface area (Å²) in [5, 5.41) is 10.1. The SMILES string of the molecule is C/C=C/CCCCCCCCCCC1=NCC[N+]1(CC)C(C)O. The summed E-state index contributed by atoms with van der Waals surface area (Å²) in [6.07, 6.45) is 17.2. The standard InChI is InChI=1S/C20H39N2O/c1-4-6-7-8-9-10-11-12-13-14-15-16-20-21-17-18-22(20,5-2)19(3)23/h4,6,19,23H,5,7-18H2,1-3H3/q+1/b6-4+. The molecule has 0 aromatic carbocycles. The first-order valence-corrected chi connectivity index (χ1v) is 9.87. The third-order valence-electron chi connectivity index (χ3n) is 5.34. The number of aliphatic hydroxyl groups excluding tert-OH is 1. The Balaban J connectivity index is 2.05. The van der Waals surface area contributed by atoms with Crippen molar-refractivity contribution < 1.29 is 9.59 Å². The molecule has 0 amide bonds. The molecule has 0 aliphatic carbocycles. The van der Waals surface area contributed by atoms with Crippen LogP contribution in [0.3, 0.4) is 0 Å². The van der Waals surface area contributed by atoms with Crippen LogP contribution in [0.5, 0.6) is 0 Å². The van der Waals surface area contributed by atoms with Gasteiger partial charge in [-0.25, -0.2) is 4.99 Å². The Morgan fingerprint density at radius 3 is 2.26 bits per heavy atom. The van der Waals surface area contributed by atoms with E-state index < -0.39 is 0 Å². The van der Waals surface area contributed by atoms with E-state index in [1.807, 2.05) is 6.92 Å². The number of hydrogen-bond acceptors (Lipinski definition) is 2. The molecular weight excluding hydrogens is 284 g/mol. The van der Waals surface area contributed by atoms with Crippen LogP contribution < -0.4 is 0 Å². The van der Waals surface area contributed by atoms with Gasteiger partial charge in [-0.3, -0.25) is 4.48 Å². The van der Waals surface area contributed by atoms with Crippen LogP contribution in [0.15, 0.2) is 17.1 Å². The second-order valence-corrected chi connectivity index (χ2v) is 6.94. The number of quaternary nitrogens is 1. The van der Waals surface area contributed by atoms with Gasteiger partial charge in [0.1, 0.15) is 6.54 Å². The highest BCUT2D eigenvalue weighted by atomic mass is 16.3. The summed E-state index contributed by atoms with van der Waals surface area (Å²) in [6.45, 7) is 9.02. The van der Waals surface area contributed by atoms with Crippen LogP contribution in [0, 0.1) is 0 Å². The lowest BCUT2D eigenvalue weighted by atomic mass is 10.1. The number of rotatable bonds is 13. The van der Waals surface area contributed by atoms with Gasteiger partial charge in [0, 0.05) is 13.3 Å². The van der Waals surface area contributed by atoms with E-state index in [1.165, 1.54) is 63.6 Å². The number of unbranched alkanes of at least 4 members (excludes halogenated alkanes) is 8. The molecular formula is C20H39N2O+. The molecule has 2 unspecified atom stereocenters. The number of aliphatic hydroxyl groups is 1. The van der Waals surface area contributed by atoms with E-state index in [-0.39, 0.29) is 6.23 Å². The molecule has 0 aromatic heterocycles. The molecule has 0 fully saturated rings. The monoisotopic (exact) mass is 323 g/mol. The quantitative estimate of drug-likeness (QED) is 0.287. The predicted molar refractivity (Wildman–Crippen MR) is 101 cm³/mol. The summed E-state index contributed by atoms with van der Waals surface area (Å²) in [7, 11) is 0. The molecule has 1 rings (SSSR count). The molecule has 23 heavy (non-hydrogen) atoms. The van der Waals surface area contributed by atoms with Crippen molar-refractivity contribution in [3.63, 3.8) is 0 Å². The minimum absolute atomic E-state index is 0.316. The van der Waals surface area contributed by atoms with Gasteiger partial charge in [0.15, 0.2) is 6.23 Å². The van der Waals surface area contributed by atoms with E-state index >= 15 is 0 Å². The normalized spacial score (nSPS) is 22.7. The van der Waals surface area contributed by atoms with Crippen molar-refractivity contribution in [1.29, 1.82) is 0 Å². The van der Waals surface area contributed by atoms with E-state index in [9.17, 15) is 5.11 Å². The van der Waals surface area contributed by atoms with Crippen LogP contribution in [0.25, 0.3) is 0 Å². The minimum Gasteiger partial charge on any atom is -0.345 e. The molecule has 0 spiro atoms. The van der Waals surface area contributed by atoms with E-state index in [1.54, 1.807) is 0 Å². The van der Waals surface area contributed by atoms with Crippen molar-refractivity contribution in [1.82, 2.24) is 0 Å². The lowest BCUT2D eigenvalue weighted by Crippen LogP contribution is -2.56. The first-order chi connectivity index (χ1) is 11.2. The highest BCUT2D eigenvalue weighted by Gasteiger charge is 2.40. The first kappa shape index (κ1) is 20.4. The molecule has 3 heteroatoms. The number of likely N-dealkylation sites (N-methyl/N-ethyl adjacent to an activating group) is 1. The number of amidine groups is 1. The molecule has 1 heterocycles. The van der Waals surface area contributed by atoms with Crippen molar-refractivity contribution in [2.24, 2.45) is 4.99 Å². The first-order valence-electron chi connectivity index (χ1n) is 9.87. The summed E-state index contributed by atoms with van der Waals surface area (Å²) >= 11 is 0. The maximum atomic E-state index is 10.1. The fraction of sp³-hybridized carbons (Fsp3) is 0.850. The van der Waals surface area contributed by atoms with Gasteiger partial charge in [-0.1, -0.05) is 50.7 Å². The minimum atomic E-state index is -0.316. The van der Waals surface area contributed by atoms with Gasteiger partial charge in [-0.05, 0) is 33.1 Å². The lowest BCUT2D eigenvalue weighted by molar-refractivity contribution is -0.882. The van der Waals surface area contributed by atoms with Gasteiger partial charge >= 0.3 is 0 Å². The van der Waals surface area contributed by atoms with Gasteiger partial charge in [0.05, 0.1) is 13.1 Å². The molecule has 1 aliphatic heterocycles. The van der Waals surface area contributed by atoms with E-state index in [0.29, 0.717) is 4.48 Å². The van der Waals surface area contributed by atoms with Crippen LogP contribution in [0.4, 0.5) is 0 Å².